The SMILES string of the molecule is CC(C)(C)OCCC(=O)Nc1ccc(F)c(N)c1. The molecule has 0 bridgehead atoms. The molecule has 0 fully saturated rings. The van der Waals surface area contributed by atoms with Gasteiger partial charge in [-0.15, -0.1) is 0 Å². The Hall–Kier alpha value is -1.62. The van der Waals surface area contributed by atoms with Gasteiger partial charge in [0.1, 0.15) is 5.82 Å². The largest absolute Gasteiger partial charge is 0.396 e. The zero-order valence-corrected chi connectivity index (χ0v) is 10.9. The van der Waals surface area contributed by atoms with Gasteiger partial charge in [-0.05, 0) is 39.0 Å². The van der Waals surface area contributed by atoms with Crippen LogP contribution in [-0.4, -0.2) is 18.1 Å². The summed E-state index contributed by atoms with van der Waals surface area (Å²) in [6.45, 7) is 6.11. The van der Waals surface area contributed by atoms with E-state index in [1.165, 1.54) is 18.2 Å². The first-order valence-corrected chi connectivity index (χ1v) is 5.77. The highest BCUT2D eigenvalue weighted by Crippen LogP contribution is 2.16. The fourth-order valence-corrected chi connectivity index (χ4v) is 1.29. The van der Waals surface area contributed by atoms with E-state index in [1.54, 1.807) is 0 Å². The normalized spacial score (nSPS) is 11.3. The number of nitrogen functional groups attached to an aromatic ring is 1. The Labute approximate surface area is 106 Å². The molecule has 1 aromatic carbocycles. The molecule has 0 radical (unpaired) electrons. The quantitative estimate of drug-likeness (QED) is 0.811. The molecule has 0 atom stereocenters. The maximum absolute atomic E-state index is 12.9. The van der Waals surface area contributed by atoms with Crippen molar-refractivity contribution in [3.8, 4) is 0 Å². The van der Waals surface area contributed by atoms with Crippen molar-refractivity contribution in [3.05, 3.63) is 24.0 Å². The molecule has 1 aromatic rings. The monoisotopic (exact) mass is 254 g/mol. The fraction of sp³-hybridized carbons (Fsp3) is 0.462. The number of nitrogens with two attached hydrogens (primary N) is 1. The Morgan fingerprint density at radius 1 is 1.44 bits per heavy atom. The zero-order chi connectivity index (χ0) is 13.8. The van der Waals surface area contributed by atoms with Gasteiger partial charge in [0.25, 0.3) is 0 Å². The predicted molar refractivity (Wildman–Crippen MR) is 69.8 cm³/mol. The Morgan fingerprint density at radius 3 is 2.67 bits per heavy atom. The summed E-state index contributed by atoms with van der Waals surface area (Å²) >= 11 is 0. The first-order valence-electron chi connectivity index (χ1n) is 5.77. The highest BCUT2D eigenvalue weighted by Gasteiger charge is 2.11. The summed E-state index contributed by atoms with van der Waals surface area (Å²) in [6, 6.07) is 4.07. The number of rotatable bonds is 4. The van der Waals surface area contributed by atoms with Crippen LogP contribution in [0.15, 0.2) is 18.2 Å². The summed E-state index contributed by atoms with van der Waals surface area (Å²) in [4.78, 5) is 11.6. The first kappa shape index (κ1) is 14.4. The smallest absolute Gasteiger partial charge is 0.226 e. The maximum Gasteiger partial charge on any atom is 0.226 e. The number of anilines is 2. The summed E-state index contributed by atoms with van der Waals surface area (Å²) in [5.74, 6) is -0.686. The van der Waals surface area contributed by atoms with Crippen LogP contribution >= 0.6 is 0 Å². The van der Waals surface area contributed by atoms with Gasteiger partial charge in [-0.3, -0.25) is 4.79 Å². The number of hydrogen-bond donors (Lipinski definition) is 2. The highest BCUT2D eigenvalue weighted by atomic mass is 19.1. The number of carbonyl (C=O) groups is 1. The molecular weight excluding hydrogens is 235 g/mol. The number of halogens is 1. The predicted octanol–water partition coefficient (Wildman–Crippen LogP) is 2.55. The molecule has 1 rings (SSSR count). The standard InChI is InChI=1S/C13H19FN2O2/c1-13(2,3)18-7-6-12(17)16-9-4-5-10(14)11(15)8-9/h4-5,8H,6-7,15H2,1-3H3,(H,16,17). The van der Waals surface area contributed by atoms with Gasteiger partial charge in [-0.2, -0.15) is 0 Å². The Balaban J connectivity index is 2.42. The van der Waals surface area contributed by atoms with Crippen LogP contribution in [0.3, 0.4) is 0 Å². The lowest BCUT2D eigenvalue weighted by molar-refractivity contribution is -0.118. The minimum Gasteiger partial charge on any atom is -0.396 e. The maximum atomic E-state index is 12.9. The van der Waals surface area contributed by atoms with E-state index in [2.05, 4.69) is 5.32 Å². The molecule has 100 valence electrons. The lowest BCUT2D eigenvalue weighted by Gasteiger charge is -2.19. The van der Waals surface area contributed by atoms with Crippen LogP contribution in [0.2, 0.25) is 0 Å². The molecule has 0 aromatic heterocycles. The summed E-state index contributed by atoms with van der Waals surface area (Å²) in [5.41, 5.74) is 5.63. The first-order chi connectivity index (χ1) is 8.28. The molecule has 0 saturated carbocycles. The van der Waals surface area contributed by atoms with E-state index >= 15 is 0 Å². The van der Waals surface area contributed by atoms with Crippen molar-refractivity contribution in [3.63, 3.8) is 0 Å². The molecule has 0 saturated heterocycles. The third-order valence-electron chi connectivity index (χ3n) is 2.14. The molecule has 0 unspecified atom stereocenters. The molecule has 4 nitrogen and oxygen atoms in total. The Morgan fingerprint density at radius 2 is 2.11 bits per heavy atom. The molecular formula is C13H19FN2O2. The van der Waals surface area contributed by atoms with E-state index in [1.807, 2.05) is 20.8 Å². The Kier molecular flexibility index (Phi) is 4.67. The third kappa shape index (κ3) is 5.14. The van der Waals surface area contributed by atoms with Gasteiger partial charge in [0.2, 0.25) is 5.91 Å². The van der Waals surface area contributed by atoms with Crippen LogP contribution in [0, 0.1) is 5.82 Å². The highest BCUT2D eigenvalue weighted by molar-refractivity contribution is 5.91. The Bertz CT molecular complexity index is 427. The van der Waals surface area contributed by atoms with Gasteiger partial charge >= 0.3 is 0 Å². The topological polar surface area (TPSA) is 64.3 Å². The van der Waals surface area contributed by atoms with Gasteiger partial charge < -0.3 is 15.8 Å². The second-order valence-corrected chi connectivity index (χ2v) is 5.00. The van der Waals surface area contributed by atoms with Gasteiger partial charge in [0.05, 0.1) is 24.3 Å². The minimum absolute atomic E-state index is 0.0127. The number of nitrogens with one attached hydrogen (secondary N) is 1. The van der Waals surface area contributed by atoms with Crippen molar-refractivity contribution in [1.29, 1.82) is 0 Å². The number of hydrogen-bond acceptors (Lipinski definition) is 3. The van der Waals surface area contributed by atoms with E-state index in [0.717, 1.165) is 0 Å². The van der Waals surface area contributed by atoms with Crippen molar-refractivity contribution in [1.82, 2.24) is 0 Å². The molecule has 0 aliphatic carbocycles. The van der Waals surface area contributed by atoms with Crippen molar-refractivity contribution in [2.75, 3.05) is 17.7 Å². The summed E-state index contributed by atoms with van der Waals surface area (Å²) in [6.07, 6.45) is 0.245. The number of carbonyl (C=O) groups excluding carboxylic acids is 1. The van der Waals surface area contributed by atoms with Crippen LogP contribution in [-0.2, 0) is 9.53 Å². The van der Waals surface area contributed by atoms with E-state index in [0.29, 0.717) is 12.3 Å². The average molecular weight is 254 g/mol. The van der Waals surface area contributed by atoms with Gasteiger partial charge in [-0.25, -0.2) is 4.39 Å². The second kappa shape index (κ2) is 5.82. The van der Waals surface area contributed by atoms with E-state index in [9.17, 15) is 9.18 Å². The lowest BCUT2D eigenvalue weighted by atomic mass is 10.2. The summed E-state index contributed by atoms with van der Waals surface area (Å²) in [7, 11) is 0. The lowest BCUT2D eigenvalue weighted by Crippen LogP contribution is -2.22. The third-order valence-corrected chi connectivity index (χ3v) is 2.14. The number of amides is 1. The summed E-state index contributed by atoms with van der Waals surface area (Å²) < 4.78 is 18.3. The number of ether oxygens (including phenoxy) is 1. The average Bonchev–Trinajstić information content (AvgIpc) is 2.21. The molecule has 5 heteroatoms. The molecule has 18 heavy (non-hydrogen) atoms. The second-order valence-electron chi connectivity index (χ2n) is 5.00. The minimum atomic E-state index is -0.496. The van der Waals surface area contributed by atoms with Gasteiger partial charge in [0, 0.05) is 5.69 Å². The van der Waals surface area contributed by atoms with Gasteiger partial charge in [-0.1, -0.05) is 0 Å². The van der Waals surface area contributed by atoms with Crippen LogP contribution in [0.5, 0.6) is 0 Å². The van der Waals surface area contributed by atoms with Crippen LogP contribution in [0.1, 0.15) is 27.2 Å². The van der Waals surface area contributed by atoms with Crippen molar-refractivity contribution >= 4 is 17.3 Å². The van der Waals surface area contributed by atoms with Crippen LogP contribution in [0.25, 0.3) is 0 Å². The fourth-order valence-electron chi connectivity index (χ4n) is 1.29. The van der Waals surface area contributed by atoms with Gasteiger partial charge in [0.15, 0.2) is 0 Å². The van der Waals surface area contributed by atoms with Crippen molar-refractivity contribution in [2.24, 2.45) is 0 Å². The van der Waals surface area contributed by atoms with E-state index < -0.39 is 5.82 Å². The van der Waals surface area contributed by atoms with E-state index in [4.69, 9.17) is 10.5 Å². The molecule has 0 aliphatic heterocycles. The summed E-state index contributed by atoms with van der Waals surface area (Å²) in [5, 5.41) is 2.63. The molecule has 3 N–H and O–H groups in total. The molecule has 0 aliphatic rings. The molecule has 1 amide bonds. The zero-order valence-electron chi connectivity index (χ0n) is 10.9. The van der Waals surface area contributed by atoms with Crippen molar-refractivity contribution in [2.45, 2.75) is 32.8 Å². The van der Waals surface area contributed by atoms with Crippen molar-refractivity contribution < 1.29 is 13.9 Å². The number of benzene rings is 1. The van der Waals surface area contributed by atoms with Crippen LogP contribution in [0.4, 0.5) is 15.8 Å². The molecule has 0 spiro atoms. The van der Waals surface area contributed by atoms with Crippen LogP contribution < -0.4 is 11.1 Å². The molecule has 0 heterocycles. The van der Waals surface area contributed by atoms with E-state index in [-0.39, 0.29) is 23.6 Å².